The van der Waals surface area contributed by atoms with Gasteiger partial charge in [-0.3, -0.25) is 10.1 Å². The standard InChI is InChI=1S/C13H11ClF2N2O2/c1-6(2)5-9-13(18(19)20)10(14)7-3-4-8(15)11(16)12(7)17-9/h3-4,6H,5H2,1-2H3. The zero-order valence-electron chi connectivity index (χ0n) is 10.8. The average Bonchev–Trinajstić information content (AvgIpc) is 2.33. The van der Waals surface area contributed by atoms with E-state index < -0.39 is 16.6 Å². The molecule has 0 fully saturated rings. The van der Waals surface area contributed by atoms with Crippen LogP contribution in [0.4, 0.5) is 14.5 Å². The highest BCUT2D eigenvalue weighted by Crippen LogP contribution is 2.36. The third-order valence-corrected chi connectivity index (χ3v) is 3.20. The van der Waals surface area contributed by atoms with Crippen molar-refractivity contribution in [1.82, 2.24) is 4.98 Å². The van der Waals surface area contributed by atoms with Crippen molar-refractivity contribution in [2.75, 3.05) is 0 Å². The van der Waals surface area contributed by atoms with Gasteiger partial charge in [0, 0.05) is 5.39 Å². The third-order valence-electron chi connectivity index (χ3n) is 2.82. The Labute approximate surface area is 118 Å². The van der Waals surface area contributed by atoms with Gasteiger partial charge in [0.25, 0.3) is 0 Å². The molecule has 0 aliphatic carbocycles. The molecule has 1 heterocycles. The minimum atomic E-state index is -1.15. The normalized spacial score (nSPS) is 11.3. The van der Waals surface area contributed by atoms with Gasteiger partial charge in [-0.2, -0.15) is 0 Å². The Morgan fingerprint density at radius 1 is 1.40 bits per heavy atom. The number of nitrogens with zero attached hydrogens (tertiary/aromatic N) is 2. The number of halogens is 3. The Hall–Kier alpha value is -1.82. The van der Waals surface area contributed by atoms with Crippen LogP contribution in [0.25, 0.3) is 10.9 Å². The summed E-state index contributed by atoms with van der Waals surface area (Å²) in [6.45, 7) is 3.68. The molecule has 0 unspecified atom stereocenters. The van der Waals surface area contributed by atoms with Crippen molar-refractivity contribution >= 4 is 28.2 Å². The van der Waals surface area contributed by atoms with Crippen LogP contribution in [-0.4, -0.2) is 9.91 Å². The lowest BCUT2D eigenvalue weighted by Crippen LogP contribution is -2.05. The van der Waals surface area contributed by atoms with Crippen molar-refractivity contribution in [2.45, 2.75) is 20.3 Å². The van der Waals surface area contributed by atoms with Crippen LogP contribution in [0.1, 0.15) is 19.5 Å². The van der Waals surface area contributed by atoms with Gasteiger partial charge in [-0.25, -0.2) is 13.8 Å². The molecule has 4 nitrogen and oxygen atoms in total. The van der Waals surface area contributed by atoms with E-state index in [4.69, 9.17) is 11.6 Å². The first-order chi connectivity index (χ1) is 9.32. The third kappa shape index (κ3) is 2.43. The van der Waals surface area contributed by atoms with Gasteiger partial charge in [0.05, 0.1) is 4.92 Å². The summed E-state index contributed by atoms with van der Waals surface area (Å²) >= 11 is 5.98. The van der Waals surface area contributed by atoms with Crippen LogP contribution in [0.15, 0.2) is 12.1 Å². The van der Waals surface area contributed by atoms with Gasteiger partial charge in [0.1, 0.15) is 16.2 Å². The summed E-state index contributed by atoms with van der Waals surface area (Å²) in [6, 6.07) is 2.06. The number of fused-ring (bicyclic) bond motifs is 1. The summed E-state index contributed by atoms with van der Waals surface area (Å²) in [7, 11) is 0. The summed E-state index contributed by atoms with van der Waals surface area (Å²) in [5.74, 6) is -2.15. The Morgan fingerprint density at radius 3 is 2.60 bits per heavy atom. The summed E-state index contributed by atoms with van der Waals surface area (Å²) < 4.78 is 27.0. The molecular weight excluding hydrogens is 290 g/mol. The SMILES string of the molecule is CC(C)Cc1nc2c(F)c(F)ccc2c(Cl)c1[N+](=O)[O-]. The second kappa shape index (κ2) is 5.28. The summed E-state index contributed by atoms with van der Waals surface area (Å²) in [5.41, 5.74) is -0.567. The minimum absolute atomic E-state index is 0.0322. The Bertz CT molecular complexity index is 705. The molecule has 0 amide bonds. The van der Waals surface area contributed by atoms with Crippen molar-refractivity contribution in [3.8, 4) is 0 Å². The summed E-state index contributed by atoms with van der Waals surface area (Å²) in [4.78, 5) is 14.4. The van der Waals surface area contributed by atoms with Crippen molar-refractivity contribution in [2.24, 2.45) is 5.92 Å². The fourth-order valence-corrected chi connectivity index (χ4v) is 2.31. The molecule has 0 radical (unpaired) electrons. The lowest BCUT2D eigenvalue weighted by molar-refractivity contribution is -0.385. The molecule has 0 N–H and O–H groups in total. The molecule has 0 saturated carbocycles. The van der Waals surface area contributed by atoms with E-state index >= 15 is 0 Å². The summed E-state index contributed by atoms with van der Waals surface area (Å²) in [6.07, 6.45) is 0.252. The lowest BCUT2D eigenvalue weighted by atomic mass is 10.0. The first-order valence-corrected chi connectivity index (χ1v) is 6.31. The predicted molar refractivity (Wildman–Crippen MR) is 71.9 cm³/mol. The number of hydrogen-bond donors (Lipinski definition) is 0. The van der Waals surface area contributed by atoms with Crippen molar-refractivity contribution < 1.29 is 13.7 Å². The number of aromatic nitrogens is 1. The quantitative estimate of drug-likeness (QED) is 0.628. The number of rotatable bonds is 3. The maximum atomic E-state index is 13.8. The van der Waals surface area contributed by atoms with Crippen LogP contribution >= 0.6 is 11.6 Å². The molecule has 2 aromatic rings. The number of pyridine rings is 1. The molecule has 0 atom stereocenters. The maximum Gasteiger partial charge on any atom is 0.309 e. The van der Waals surface area contributed by atoms with Crippen molar-refractivity contribution in [3.05, 3.63) is 44.6 Å². The van der Waals surface area contributed by atoms with Crippen LogP contribution in [-0.2, 0) is 6.42 Å². The highest BCUT2D eigenvalue weighted by atomic mass is 35.5. The van der Waals surface area contributed by atoms with Gasteiger partial charge < -0.3 is 0 Å². The lowest BCUT2D eigenvalue weighted by Gasteiger charge is -2.09. The van der Waals surface area contributed by atoms with E-state index in [1.807, 2.05) is 13.8 Å². The molecular formula is C13H11ClF2N2O2. The number of benzene rings is 1. The van der Waals surface area contributed by atoms with E-state index in [0.717, 1.165) is 6.07 Å². The zero-order chi connectivity index (χ0) is 15.0. The Morgan fingerprint density at radius 2 is 2.05 bits per heavy atom. The Kier molecular flexibility index (Phi) is 3.85. The molecule has 0 aliphatic heterocycles. The van der Waals surface area contributed by atoms with E-state index in [-0.39, 0.29) is 39.6 Å². The van der Waals surface area contributed by atoms with E-state index in [0.29, 0.717) is 0 Å². The van der Waals surface area contributed by atoms with E-state index in [1.165, 1.54) is 6.07 Å². The van der Waals surface area contributed by atoms with E-state index in [9.17, 15) is 18.9 Å². The predicted octanol–water partition coefficient (Wildman–Crippen LogP) is 4.27. The average molecular weight is 301 g/mol. The first-order valence-electron chi connectivity index (χ1n) is 5.93. The molecule has 0 spiro atoms. The van der Waals surface area contributed by atoms with E-state index in [1.54, 1.807) is 0 Å². The minimum Gasteiger partial charge on any atom is -0.258 e. The molecule has 1 aromatic heterocycles. The smallest absolute Gasteiger partial charge is 0.258 e. The Balaban J connectivity index is 2.85. The maximum absolute atomic E-state index is 13.8. The molecule has 7 heteroatoms. The van der Waals surface area contributed by atoms with Gasteiger partial charge in [-0.1, -0.05) is 25.4 Å². The molecule has 1 aromatic carbocycles. The van der Waals surface area contributed by atoms with Gasteiger partial charge in [-0.15, -0.1) is 0 Å². The molecule has 0 bridgehead atoms. The number of hydrogen-bond acceptors (Lipinski definition) is 3. The first kappa shape index (κ1) is 14.6. The zero-order valence-corrected chi connectivity index (χ0v) is 11.5. The topological polar surface area (TPSA) is 56.0 Å². The molecule has 2 rings (SSSR count). The second-order valence-corrected chi connectivity index (χ2v) is 5.21. The molecule has 0 aliphatic rings. The van der Waals surface area contributed by atoms with Gasteiger partial charge >= 0.3 is 5.69 Å². The van der Waals surface area contributed by atoms with Crippen LogP contribution in [0.5, 0.6) is 0 Å². The second-order valence-electron chi connectivity index (χ2n) is 4.83. The highest BCUT2D eigenvalue weighted by Gasteiger charge is 2.26. The number of nitro groups is 1. The van der Waals surface area contributed by atoms with E-state index in [2.05, 4.69) is 4.98 Å². The largest absolute Gasteiger partial charge is 0.309 e. The van der Waals surface area contributed by atoms with Crippen LogP contribution in [0.3, 0.4) is 0 Å². The van der Waals surface area contributed by atoms with Crippen LogP contribution in [0.2, 0.25) is 5.02 Å². The van der Waals surface area contributed by atoms with Crippen LogP contribution in [0, 0.1) is 27.7 Å². The van der Waals surface area contributed by atoms with Crippen molar-refractivity contribution in [3.63, 3.8) is 0 Å². The van der Waals surface area contributed by atoms with Gasteiger partial charge in [-0.05, 0) is 24.5 Å². The summed E-state index contributed by atoms with van der Waals surface area (Å²) in [5, 5.41) is 11.0. The fraction of sp³-hybridized carbons (Fsp3) is 0.308. The highest BCUT2D eigenvalue weighted by molar-refractivity contribution is 6.37. The van der Waals surface area contributed by atoms with Gasteiger partial charge in [0.2, 0.25) is 0 Å². The molecule has 106 valence electrons. The van der Waals surface area contributed by atoms with Crippen molar-refractivity contribution in [1.29, 1.82) is 0 Å². The monoisotopic (exact) mass is 300 g/mol. The van der Waals surface area contributed by atoms with Crippen LogP contribution < -0.4 is 0 Å². The van der Waals surface area contributed by atoms with Gasteiger partial charge in [0.15, 0.2) is 11.6 Å². The fourth-order valence-electron chi connectivity index (χ4n) is 1.98. The molecule has 0 saturated heterocycles. The molecule has 20 heavy (non-hydrogen) atoms.